The Morgan fingerprint density at radius 2 is 1.89 bits per heavy atom. The second kappa shape index (κ2) is 9.80. The number of carbonyl (C=O) groups is 2. The molecule has 7 nitrogen and oxygen atoms in total. The maximum absolute atomic E-state index is 11.9. The van der Waals surface area contributed by atoms with Crippen LogP contribution in [-0.2, 0) is 9.59 Å². The van der Waals surface area contributed by atoms with Crippen LogP contribution in [0.3, 0.4) is 0 Å². The summed E-state index contributed by atoms with van der Waals surface area (Å²) in [6.45, 7) is 0. The van der Waals surface area contributed by atoms with Crippen LogP contribution in [0.4, 0.5) is 5.69 Å². The zero-order valence-corrected chi connectivity index (χ0v) is 15.8. The van der Waals surface area contributed by atoms with Crippen LogP contribution in [0.5, 0.6) is 11.5 Å². The number of phenolic OH excluding ortho intramolecular Hbond substituents is 1. The van der Waals surface area contributed by atoms with Crippen LogP contribution < -0.4 is 15.5 Å². The highest BCUT2D eigenvalue weighted by atomic mass is 35.5. The summed E-state index contributed by atoms with van der Waals surface area (Å²) in [6.07, 6.45) is 1.27. The predicted octanol–water partition coefficient (Wildman–Crippen LogP) is 3.58. The third kappa shape index (κ3) is 6.47. The number of hydrogen-bond donors (Lipinski definition) is 3. The van der Waals surface area contributed by atoms with E-state index in [1.807, 2.05) is 0 Å². The topological polar surface area (TPSA) is 100 Å². The van der Waals surface area contributed by atoms with Crippen molar-refractivity contribution in [3.05, 3.63) is 52.0 Å². The van der Waals surface area contributed by atoms with Gasteiger partial charge >= 0.3 is 0 Å². The molecule has 142 valence electrons. The number of carbonyl (C=O) groups excluding carboxylic acids is 2. The van der Waals surface area contributed by atoms with Gasteiger partial charge in [0.2, 0.25) is 11.8 Å². The fourth-order valence-corrected chi connectivity index (χ4v) is 2.51. The molecule has 0 unspecified atom stereocenters. The molecule has 0 aliphatic carbocycles. The summed E-state index contributed by atoms with van der Waals surface area (Å²) >= 11 is 11.8. The maximum atomic E-state index is 11.9. The first kappa shape index (κ1) is 20.5. The molecule has 2 rings (SSSR count). The summed E-state index contributed by atoms with van der Waals surface area (Å²) in [5, 5.41) is 16.8. The Hall–Kier alpha value is -2.77. The second-order valence-electron chi connectivity index (χ2n) is 5.40. The Balaban J connectivity index is 1.78. The van der Waals surface area contributed by atoms with Gasteiger partial charge in [0.25, 0.3) is 0 Å². The molecule has 3 N–H and O–H groups in total. The summed E-state index contributed by atoms with van der Waals surface area (Å²) in [5.41, 5.74) is 3.30. The number of ether oxygens (including phenoxy) is 1. The number of rotatable bonds is 7. The van der Waals surface area contributed by atoms with Gasteiger partial charge in [0, 0.05) is 17.9 Å². The van der Waals surface area contributed by atoms with Crippen LogP contribution in [0.2, 0.25) is 10.0 Å². The molecule has 0 saturated heterocycles. The molecule has 9 heteroatoms. The maximum Gasteiger partial charge on any atom is 0.240 e. The molecule has 0 aliphatic heterocycles. The van der Waals surface area contributed by atoms with Gasteiger partial charge in [-0.15, -0.1) is 0 Å². The standard InChI is InChI=1S/C18H17Cl2N3O4/c1-27-16-5-2-11(8-15(16)24)10-21-23-18(26)7-6-17(25)22-14-4-3-12(19)9-13(14)20/h2-5,8-10,24H,6-7H2,1H3,(H,22,25)(H,23,26)/b21-10+. The van der Waals surface area contributed by atoms with Gasteiger partial charge in [0.15, 0.2) is 11.5 Å². The fraction of sp³-hybridized carbons (Fsp3) is 0.167. The van der Waals surface area contributed by atoms with Gasteiger partial charge in [-0.3, -0.25) is 9.59 Å². The van der Waals surface area contributed by atoms with E-state index in [0.29, 0.717) is 27.0 Å². The van der Waals surface area contributed by atoms with E-state index in [4.69, 9.17) is 27.9 Å². The predicted molar refractivity (Wildman–Crippen MR) is 105 cm³/mol. The third-order valence-electron chi connectivity index (χ3n) is 3.39. The number of phenols is 1. The first-order valence-electron chi connectivity index (χ1n) is 7.83. The Labute approximate surface area is 165 Å². The summed E-state index contributed by atoms with van der Waals surface area (Å²) in [5.74, 6) is -0.493. The SMILES string of the molecule is COc1ccc(/C=N/NC(=O)CCC(=O)Nc2ccc(Cl)cc2Cl)cc1O. The lowest BCUT2D eigenvalue weighted by atomic mass is 10.2. The van der Waals surface area contributed by atoms with Gasteiger partial charge in [0.1, 0.15) is 0 Å². The van der Waals surface area contributed by atoms with Crippen molar-refractivity contribution in [2.24, 2.45) is 5.10 Å². The Morgan fingerprint density at radius 3 is 2.56 bits per heavy atom. The first-order valence-corrected chi connectivity index (χ1v) is 8.58. The molecule has 0 atom stereocenters. The van der Waals surface area contributed by atoms with Crippen LogP contribution in [0.25, 0.3) is 0 Å². The molecule has 0 aliphatic rings. The molecule has 0 spiro atoms. The first-order chi connectivity index (χ1) is 12.9. The zero-order valence-electron chi connectivity index (χ0n) is 14.3. The largest absolute Gasteiger partial charge is 0.504 e. The van der Waals surface area contributed by atoms with Gasteiger partial charge in [0.05, 0.1) is 24.0 Å². The molecule has 0 bridgehead atoms. The van der Waals surface area contributed by atoms with Gasteiger partial charge in [-0.2, -0.15) is 5.10 Å². The second-order valence-corrected chi connectivity index (χ2v) is 6.24. The highest BCUT2D eigenvalue weighted by Gasteiger charge is 2.09. The minimum atomic E-state index is -0.429. The molecular formula is C18H17Cl2N3O4. The summed E-state index contributed by atoms with van der Waals surface area (Å²) < 4.78 is 4.94. The molecule has 0 radical (unpaired) electrons. The van der Waals surface area contributed by atoms with Crippen molar-refractivity contribution < 1.29 is 19.4 Å². The van der Waals surface area contributed by atoms with E-state index in [1.165, 1.54) is 25.5 Å². The molecule has 27 heavy (non-hydrogen) atoms. The van der Waals surface area contributed by atoms with Crippen LogP contribution in [0.1, 0.15) is 18.4 Å². The van der Waals surface area contributed by atoms with Crippen molar-refractivity contribution in [1.82, 2.24) is 5.43 Å². The van der Waals surface area contributed by atoms with Crippen molar-refractivity contribution in [1.29, 1.82) is 0 Å². The minimum Gasteiger partial charge on any atom is -0.504 e. The van der Waals surface area contributed by atoms with Gasteiger partial charge < -0.3 is 15.2 Å². The van der Waals surface area contributed by atoms with Crippen LogP contribution in [0.15, 0.2) is 41.5 Å². The summed E-state index contributed by atoms with van der Waals surface area (Å²) in [6, 6.07) is 9.37. The van der Waals surface area contributed by atoms with E-state index < -0.39 is 5.91 Å². The monoisotopic (exact) mass is 409 g/mol. The highest BCUT2D eigenvalue weighted by Crippen LogP contribution is 2.26. The average molecular weight is 410 g/mol. The van der Waals surface area contributed by atoms with Crippen molar-refractivity contribution in [2.45, 2.75) is 12.8 Å². The molecule has 2 aromatic carbocycles. The molecule has 0 saturated carbocycles. The number of nitrogens with zero attached hydrogens (tertiary/aromatic N) is 1. The van der Waals surface area contributed by atoms with Crippen molar-refractivity contribution in [3.8, 4) is 11.5 Å². The number of nitrogens with one attached hydrogen (secondary N) is 2. The molecule has 2 aromatic rings. The van der Waals surface area contributed by atoms with Crippen molar-refractivity contribution >= 4 is 46.9 Å². The van der Waals surface area contributed by atoms with E-state index in [1.54, 1.807) is 24.3 Å². The highest BCUT2D eigenvalue weighted by molar-refractivity contribution is 6.36. The fourth-order valence-electron chi connectivity index (χ4n) is 2.05. The quantitative estimate of drug-likeness (QED) is 0.480. The van der Waals surface area contributed by atoms with E-state index in [2.05, 4.69) is 15.8 Å². The van der Waals surface area contributed by atoms with Gasteiger partial charge in [-0.05, 0) is 42.0 Å². The number of anilines is 1. The van der Waals surface area contributed by atoms with E-state index in [-0.39, 0.29) is 24.5 Å². The number of benzene rings is 2. The molecule has 0 aromatic heterocycles. The number of amides is 2. The van der Waals surface area contributed by atoms with E-state index >= 15 is 0 Å². The Morgan fingerprint density at radius 1 is 1.15 bits per heavy atom. The lowest BCUT2D eigenvalue weighted by Gasteiger charge is -2.07. The number of methoxy groups -OCH3 is 1. The Kier molecular flexibility index (Phi) is 7.45. The lowest BCUT2D eigenvalue weighted by Crippen LogP contribution is -2.20. The van der Waals surface area contributed by atoms with Crippen LogP contribution in [-0.4, -0.2) is 30.2 Å². The number of hydrogen-bond acceptors (Lipinski definition) is 5. The van der Waals surface area contributed by atoms with E-state index in [9.17, 15) is 14.7 Å². The third-order valence-corrected chi connectivity index (χ3v) is 3.94. The minimum absolute atomic E-state index is 0.0368. The number of halogens is 2. The molecule has 0 heterocycles. The molecule has 0 fully saturated rings. The number of aromatic hydroxyl groups is 1. The van der Waals surface area contributed by atoms with Gasteiger partial charge in [-0.25, -0.2) is 5.43 Å². The zero-order chi connectivity index (χ0) is 19.8. The lowest BCUT2D eigenvalue weighted by molar-refractivity contribution is -0.124. The van der Waals surface area contributed by atoms with Gasteiger partial charge in [-0.1, -0.05) is 23.2 Å². The van der Waals surface area contributed by atoms with Crippen molar-refractivity contribution in [2.75, 3.05) is 12.4 Å². The Bertz CT molecular complexity index is 872. The number of hydrazone groups is 1. The molecule has 2 amide bonds. The van der Waals surface area contributed by atoms with Crippen molar-refractivity contribution in [3.63, 3.8) is 0 Å². The summed E-state index contributed by atoms with van der Waals surface area (Å²) in [4.78, 5) is 23.6. The van der Waals surface area contributed by atoms with Crippen LogP contribution >= 0.6 is 23.2 Å². The van der Waals surface area contributed by atoms with Crippen LogP contribution in [0, 0.1) is 0 Å². The summed E-state index contributed by atoms with van der Waals surface area (Å²) in [7, 11) is 1.44. The normalized spacial score (nSPS) is 10.6. The molecular weight excluding hydrogens is 393 g/mol. The van der Waals surface area contributed by atoms with E-state index in [0.717, 1.165) is 0 Å². The average Bonchev–Trinajstić information content (AvgIpc) is 2.62. The smallest absolute Gasteiger partial charge is 0.240 e.